The average Bonchev–Trinajstić information content (AvgIpc) is 3.38. The van der Waals surface area contributed by atoms with Gasteiger partial charge in [-0.15, -0.1) is 10.2 Å². The van der Waals surface area contributed by atoms with Crippen molar-refractivity contribution in [3.05, 3.63) is 35.9 Å². The molecule has 0 spiro atoms. The highest BCUT2D eigenvalue weighted by molar-refractivity contribution is 8.02. The van der Waals surface area contributed by atoms with E-state index in [1.165, 1.54) is 28.7 Å². The molecule has 1 fully saturated rings. The number of rotatable bonds is 8. The van der Waals surface area contributed by atoms with Gasteiger partial charge in [0.15, 0.2) is 4.34 Å². The largest absolute Gasteiger partial charge is 0.355 e. The highest BCUT2D eigenvalue weighted by Crippen LogP contribution is 2.36. The average molecular weight is 405 g/mol. The molecule has 0 aliphatic heterocycles. The summed E-state index contributed by atoms with van der Waals surface area (Å²) in [5, 5.41) is 11.7. The zero-order chi connectivity index (χ0) is 19.4. The summed E-state index contributed by atoms with van der Waals surface area (Å²) in [6, 6.07) is 10.4. The molecule has 6 nitrogen and oxygen atoms in total. The normalized spacial score (nSPS) is 15.8. The maximum atomic E-state index is 12.4. The lowest BCUT2D eigenvalue weighted by atomic mass is 10.0. The monoisotopic (exact) mass is 404 g/mol. The van der Waals surface area contributed by atoms with Crippen molar-refractivity contribution < 1.29 is 9.59 Å². The van der Waals surface area contributed by atoms with Crippen LogP contribution in [0.25, 0.3) is 0 Å². The molecule has 0 saturated heterocycles. The molecule has 1 aromatic carbocycles. The van der Waals surface area contributed by atoms with Gasteiger partial charge in [0, 0.05) is 19.5 Å². The molecule has 2 amide bonds. The van der Waals surface area contributed by atoms with Crippen molar-refractivity contribution in [2.75, 3.05) is 11.4 Å². The quantitative estimate of drug-likeness (QED) is 0.539. The van der Waals surface area contributed by atoms with Gasteiger partial charge in [-0.25, -0.2) is 0 Å². The molecule has 1 heterocycles. The van der Waals surface area contributed by atoms with Gasteiger partial charge in [-0.2, -0.15) is 0 Å². The van der Waals surface area contributed by atoms with Gasteiger partial charge in [-0.3, -0.25) is 14.5 Å². The highest BCUT2D eigenvalue weighted by Gasteiger charge is 2.34. The Hall–Kier alpha value is -1.93. The Labute approximate surface area is 167 Å². The summed E-state index contributed by atoms with van der Waals surface area (Å²) >= 11 is 2.75. The predicted octanol–water partition coefficient (Wildman–Crippen LogP) is 3.45. The van der Waals surface area contributed by atoms with Crippen molar-refractivity contribution in [3.63, 3.8) is 0 Å². The number of amides is 2. The molecule has 0 bridgehead atoms. The van der Waals surface area contributed by atoms with Crippen LogP contribution in [-0.2, 0) is 9.59 Å². The molecule has 0 radical (unpaired) electrons. The fourth-order valence-electron chi connectivity index (χ4n) is 2.73. The molecule has 1 aliphatic carbocycles. The Morgan fingerprint density at radius 3 is 2.59 bits per heavy atom. The SMILES string of the molecule is CC(=O)N(c1nnc(SC(C)C(=O)NCC(C)c2ccccc2)s1)C1CC1. The van der Waals surface area contributed by atoms with E-state index in [0.717, 1.165) is 12.8 Å². The molecular weight excluding hydrogens is 380 g/mol. The van der Waals surface area contributed by atoms with Crippen molar-refractivity contribution >= 4 is 40.0 Å². The summed E-state index contributed by atoms with van der Waals surface area (Å²) in [5.41, 5.74) is 1.20. The molecule has 1 aliphatic rings. The molecule has 1 N–H and O–H groups in total. The van der Waals surface area contributed by atoms with Gasteiger partial charge in [0.2, 0.25) is 16.9 Å². The molecule has 2 aromatic rings. The molecule has 8 heteroatoms. The van der Waals surface area contributed by atoms with Crippen LogP contribution in [0.2, 0.25) is 0 Å². The van der Waals surface area contributed by atoms with Gasteiger partial charge in [0.25, 0.3) is 0 Å². The molecule has 2 atom stereocenters. The van der Waals surface area contributed by atoms with Crippen LogP contribution in [0.5, 0.6) is 0 Å². The Balaban J connectivity index is 1.52. The number of anilines is 1. The Morgan fingerprint density at radius 1 is 1.26 bits per heavy atom. The first-order chi connectivity index (χ1) is 13.0. The fourth-order valence-corrected chi connectivity index (χ4v) is 4.86. The lowest BCUT2D eigenvalue weighted by Crippen LogP contribution is -2.33. The highest BCUT2D eigenvalue weighted by atomic mass is 32.2. The standard InChI is InChI=1S/C19H24N4O2S2/c1-12(15-7-5-4-6-8-15)11-20-17(25)13(2)26-19-22-21-18(27-19)23(14(3)24)16-9-10-16/h4-8,12-13,16H,9-11H2,1-3H3,(H,20,25). The number of benzene rings is 1. The zero-order valence-corrected chi connectivity index (χ0v) is 17.3. The number of nitrogens with one attached hydrogen (secondary N) is 1. The topological polar surface area (TPSA) is 75.2 Å². The van der Waals surface area contributed by atoms with Gasteiger partial charge < -0.3 is 5.32 Å². The van der Waals surface area contributed by atoms with Crippen LogP contribution in [0, 0.1) is 0 Å². The summed E-state index contributed by atoms with van der Waals surface area (Å²) in [5.74, 6) is 0.221. The van der Waals surface area contributed by atoms with E-state index in [2.05, 4.69) is 34.6 Å². The molecule has 1 saturated carbocycles. The molecule has 1 aromatic heterocycles. The van der Waals surface area contributed by atoms with E-state index in [1.54, 1.807) is 11.8 Å². The first-order valence-corrected chi connectivity index (χ1v) is 10.8. The van der Waals surface area contributed by atoms with Crippen LogP contribution >= 0.6 is 23.1 Å². The van der Waals surface area contributed by atoms with Gasteiger partial charge in [0.1, 0.15) is 0 Å². The van der Waals surface area contributed by atoms with Crippen molar-refractivity contribution in [2.24, 2.45) is 0 Å². The predicted molar refractivity (Wildman–Crippen MR) is 109 cm³/mol. The van der Waals surface area contributed by atoms with Gasteiger partial charge >= 0.3 is 0 Å². The van der Waals surface area contributed by atoms with E-state index >= 15 is 0 Å². The molecule has 144 valence electrons. The number of hydrogen-bond donors (Lipinski definition) is 1. The second kappa shape index (κ2) is 8.84. The second-order valence-electron chi connectivity index (χ2n) is 6.79. The second-order valence-corrected chi connectivity index (χ2v) is 9.33. The maximum absolute atomic E-state index is 12.4. The summed E-state index contributed by atoms with van der Waals surface area (Å²) in [7, 11) is 0. The number of aromatic nitrogens is 2. The van der Waals surface area contributed by atoms with Gasteiger partial charge in [-0.1, -0.05) is 60.4 Å². The molecule has 3 rings (SSSR count). The van der Waals surface area contributed by atoms with Crippen molar-refractivity contribution in [2.45, 2.75) is 55.2 Å². The Kier molecular flexibility index (Phi) is 6.49. The van der Waals surface area contributed by atoms with E-state index < -0.39 is 0 Å². The minimum atomic E-state index is -0.277. The lowest BCUT2D eigenvalue weighted by Gasteiger charge is -2.16. The van der Waals surface area contributed by atoms with Crippen LogP contribution in [0.15, 0.2) is 34.7 Å². The molecule has 27 heavy (non-hydrogen) atoms. The molecular formula is C19H24N4O2S2. The van der Waals surface area contributed by atoms with Crippen molar-refractivity contribution in [1.29, 1.82) is 0 Å². The number of hydrogen-bond acceptors (Lipinski definition) is 6. The lowest BCUT2D eigenvalue weighted by molar-refractivity contribution is -0.120. The number of carbonyl (C=O) groups is 2. The third-order valence-corrected chi connectivity index (χ3v) is 6.56. The number of thioether (sulfide) groups is 1. The summed E-state index contributed by atoms with van der Waals surface area (Å²) < 4.78 is 0.704. The zero-order valence-electron chi connectivity index (χ0n) is 15.7. The summed E-state index contributed by atoms with van der Waals surface area (Å²) in [6.07, 6.45) is 2.03. The van der Waals surface area contributed by atoms with E-state index in [9.17, 15) is 9.59 Å². The minimum absolute atomic E-state index is 0.00843. The van der Waals surface area contributed by atoms with Crippen LogP contribution in [-0.4, -0.2) is 39.8 Å². The number of carbonyl (C=O) groups excluding carboxylic acids is 2. The van der Waals surface area contributed by atoms with Crippen LogP contribution in [0.4, 0.5) is 5.13 Å². The third kappa shape index (κ3) is 5.29. The van der Waals surface area contributed by atoms with Crippen molar-refractivity contribution in [1.82, 2.24) is 15.5 Å². The van der Waals surface area contributed by atoms with Crippen LogP contribution < -0.4 is 10.2 Å². The third-order valence-electron chi connectivity index (χ3n) is 4.45. The summed E-state index contributed by atoms with van der Waals surface area (Å²) in [4.78, 5) is 26.0. The van der Waals surface area contributed by atoms with Gasteiger partial charge in [-0.05, 0) is 31.2 Å². The van der Waals surface area contributed by atoms with E-state index in [1.807, 2.05) is 25.1 Å². The van der Waals surface area contributed by atoms with Gasteiger partial charge in [0.05, 0.1) is 5.25 Å². The first kappa shape index (κ1) is 19.8. The number of nitrogens with zero attached hydrogens (tertiary/aromatic N) is 3. The van der Waals surface area contributed by atoms with Crippen LogP contribution in [0.1, 0.15) is 45.1 Å². The first-order valence-electron chi connectivity index (χ1n) is 9.08. The van der Waals surface area contributed by atoms with E-state index in [4.69, 9.17) is 0 Å². The van der Waals surface area contributed by atoms with Crippen molar-refractivity contribution in [3.8, 4) is 0 Å². The molecule has 2 unspecified atom stereocenters. The smallest absolute Gasteiger partial charge is 0.233 e. The Bertz CT molecular complexity index is 792. The minimum Gasteiger partial charge on any atom is -0.355 e. The van der Waals surface area contributed by atoms with E-state index in [0.29, 0.717) is 16.0 Å². The van der Waals surface area contributed by atoms with Crippen LogP contribution in [0.3, 0.4) is 0 Å². The Morgan fingerprint density at radius 2 is 1.96 bits per heavy atom. The maximum Gasteiger partial charge on any atom is 0.233 e. The van der Waals surface area contributed by atoms with E-state index in [-0.39, 0.29) is 29.0 Å². The summed E-state index contributed by atoms with van der Waals surface area (Å²) in [6.45, 7) is 6.10. The fraction of sp³-hybridized carbons (Fsp3) is 0.474.